The average Bonchev–Trinajstić information content (AvgIpc) is 3.04. The number of rotatable bonds is 3. The van der Waals surface area contributed by atoms with Crippen LogP contribution in [0.3, 0.4) is 0 Å². The van der Waals surface area contributed by atoms with Crippen LogP contribution in [-0.2, 0) is 9.53 Å². The van der Waals surface area contributed by atoms with Gasteiger partial charge in [-0.2, -0.15) is 0 Å². The Kier molecular flexibility index (Phi) is 4.79. The quantitative estimate of drug-likeness (QED) is 0.932. The summed E-state index contributed by atoms with van der Waals surface area (Å²) < 4.78 is 5.98. The number of ether oxygens (including phenoxy) is 1. The zero-order valence-corrected chi connectivity index (χ0v) is 13.3. The van der Waals surface area contributed by atoms with Crippen LogP contribution in [0, 0.1) is 18.8 Å². The molecule has 0 bridgehead atoms. The molecule has 0 saturated carbocycles. The molecule has 1 aromatic carbocycles. The van der Waals surface area contributed by atoms with Crippen molar-refractivity contribution in [3.63, 3.8) is 0 Å². The highest BCUT2D eigenvalue weighted by Gasteiger charge is 2.37. The predicted octanol–water partition coefficient (Wildman–Crippen LogP) is 2.27. The first-order valence-corrected chi connectivity index (χ1v) is 8.36. The third-order valence-corrected chi connectivity index (χ3v) is 4.98. The van der Waals surface area contributed by atoms with Gasteiger partial charge in [-0.25, -0.2) is 0 Å². The molecule has 1 amide bonds. The standard InChI is InChI=1S/C18H26N2O2/c1-13-4-6-15(7-5-13)17-16(3-2-10-22-17)18(21)20-9-8-14(11-19)12-20/h4-7,14,16-17H,2-3,8-12,19H2,1H3. The number of nitrogens with zero attached hydrogens (tertiary/aromatic N) is 1. The van der Waals surface area contributed by atoms with E-state index in [0.29, 0.717) is 12.5 Å². The summed E-state index contributed by atoms with van der Waals surface area (Å²) in [6.07, 6.45) is 2.82. The Balaban J connectivity index is 1.75. The van der Waals surface area contributed by atoms with E-state index in [9.17, 15) is 4.79 Å². The second-order valence-electron chi connectivity index (χ2n) is 6.63. The summed E-state index contributed by atoms with van der Waals surface area (Å²) >= 11 is 0. The topological polar surface area (TPSA) is 55.6 Å². The summed E-state index contributed by atoms with van der Waals surface area (Å²) in [5.41, 5.74) is 8.10. The van der Waals surface area contributed by atoms with Crippen molar-refractivity contribution in [1.82, 2.24) is 4.90 Å². The maximum Gasteiger partial charge on any atom is 0.228 e. The van der Waals surface area contributed by atoms with Crippen LogP contribution < -0.4 is 5.73 Å². The summed E-state index contributed by atoms with van der Waals surface area (Å²) in [5, 5.41) is 0. The van der Waals surface area contributed by atoms with Crippen LogP contribution in [0.15, 0.2) is 24.3 Å². The third-order valence-electron chi connectivity index (χ3n) is 4.98. The molecule has 0 radical (unpaired) electrons. The number of benzene rings is 1. The van der Waals surface area contributed by atoms with Gasteiger partial charge in [-0.15, -0.1) is 0 Å². The van der Waals surface area contributed by atoms with Crippen LogP contribution in [0.25, 0.3) is 0 Å². The Bertz CT molecular complexity index is 514. The summed E-state index contributed by atoms with van der Waals surface area (Å²) in [7, 11) is 0. The van der Waals surface area contributed by atoms with Gasteiger partial charge in [0.2, 0.25) is 5.91 Å². The monoisotopic (exact) mass is 302 g/mol. The molecule has 3 unspecified atom stereocenters. The Morgan fingerprint density at radius 2 is 2.09 bits per heavy atom. The van der Waals surface area contributed by atoms with Crippen molar-refractivity contribution < 1.29 is 9.53 Å². The smallest absolute Gasteiger partial charge is 0.228 e. The van der Waals surface area contributed by atoms with Crippen LogP contribution in [0.1, 0.15) is 36.5 Å². The van der Waals surface area contributed by atoms with E-state index in [1.807, 2.05) is 4.90 Å². The number of carbonyl (C=O) groups excluding carboxylic acids is 1. The van der Waals surface area contributed by atoms with Gasteiger partial charge in [0.05, 0.1) is 12.0 Å². The minimum atomic E-state index is -0.0984. The second kappa shape index (κ2) is 6.80. The molecule has 0 aliphatic carbocycles. The fourth-order valence-corrected chi connectivity index (χ4v) is 3.58. The lowest BCUT2D eigenvalue weighted by Gasteiger charge is -2.34. The van der Waals surface area contributed by atoms with Gasteiger partial charge >= 0.3 is 0 Å². The Hall–Kier alpha value is -1.39. The number of carbonyl (C=O) groups is 1. The number of likely N-dealkylation sites (tertiary alicyclic amines) is 1. The molecular weight excluding hydrogens is 276 g/mol. The summed E-state index contributed by atoms with van der Waals surface area (Å²) in [5.74, 6) is 0.667. The number of aryl methyl sites for hydroxylation is 1. The van der Waals surface area contributed by atoms with Crippen molar-refractivity contribution in [1.29, 1.82) is 0 Å². The van der Waals surface area contributed by atoms with E-state index in [0.717, 1.165) is 44.5 Å². The SMILES string of the molecule is Cc1ccc(C2OCCCC2C(=O)N2CCC(CN)C2)cc1. The molecule has 2 aliphatic rings. The molecule has 0 aromatic heterocycles. The largest absolute Gasteiger partial charge is 0.373 e. The molecule has 1 aromatic rings. The van der Waals surface area contributed by atoms with Gasteiger partial charge in [-0.05, 0) is 44.2 Å². The van der Waals surface area contributed by atoms with Gasteiger partial charge in [0.1, 0.15) is 0 Å². The van der Waals surface area contributed by atoms with Crippen LogP contribution in [0.5, 0.6) is 0 Å². The van der Waals surface area contributed by atoms with Crippen LogP contribution in [-0.4, -0.2) is 37.0 Å². The number of hydrogen-bond donors (Lipinski definition) is 1. The lowest BCUT2D eigenvalue weighted by Crippen LogP contribution is -2.40. The number of nitrogens with two attached hydrogens (primary N) is 1. The first-order chi connectivity index (χ1) is 10.7. The van der Waals surface area contributed by atoms with E-state index in [2.05, 4.69) is 31.2 Å². The molecule has 2 fully saturated rings. The summed E-state index contributed by atoms with van der Waals surface area (Å²) in [6, 6.07) is 8.38. The Morgan fingerprint density at radius 3 is 2.77 bits per heavy atom. The zero-order valence-electron chi connectivity index (χ0n) is 13.3. The number of hydrogen-bond acceptors (Lipinski definition) is 3. The van der Waals surface area contributed by atoms with Crippen molar-refractivity contribution in [2.75, 3.05) is 26.2 Å². The Labute approximate surface area is 132 Å². The van der Waals surface area contributed by atoms with E-state index in [4.69, 9.17) is 10.5 Å². The molecule has 3 rings (SSSR count). The predicted molar refractivity (Wildman–Crippen MR) is 86.3 cm³/mol. The van der Waals surface area contributed by atoms with E-state index in [1.54, 1.807) is 0 Å². The van der Waals surface area contributed by atoms with Gasteiger partial charge in [-0.1, -0.05) is 29.8 Å². The van der Waals surface area contributed by atoms with Crippen LogP contribution in [0.4, 0.5) is 0 Å². The van der Waals surface area contributed by atoms with E-state index >= 15 is 0 Å². The Morgan fingerprint density at radius 1 is 1.32 bits per heavy atom. The average molecular weight is 302 g/mol. The highest BCUT2D eigenvalue weighted by molar-refractivity contribution is 5.80. The second-order valence-corrected chi connectivity index (χ2v) is 6.63. The van der Waals surface area contributed by atoms with E-state index < -0.39 is 0 Å². The lowest BCUT2D eigenvalue weighted by atomic mass is 9.88. The fourth-order valence-electron chi connectivity index (χ4n) is 3.58. The highest BCUT2D eigenvalue weighted by atomic mass is 16.5. The number of amides is 1. The summed E-state index contributed by atoms with van der Waals surface area (Å²) in [4.78, 5) is 14.9. The van der Waals surface area contributed by atoms with Crippen molar-refractivity contribution in [2.24, 2.45) is 17.6 Å². The zero-order chi connectivity index (χ0) is 15.5. The molecule has 4 heteroatoms. The van der Waals surface area contributed by atoms with Crippen molar-refractivity contribution in [3.05, 3.63) is 35.4 Å². The molecule has 2 heterocycles. The molecule has 3 atom stereocenters. The fraction of sp³-hybridized carbons (Fsp3) is 0.611. The summed E-state index contributed by atoms with van der Waals surface area (Å²) in [6.45, 7) is 5.15. The third kappa shape index (κ3) is 3.18. The van der Waals surface area contributed by atoms with Crippen LogP contribution >= 0.6 is 0 Å². The minimum Gasteiger partial charge on any atom is -0.373 e. The van der Waals surface area contributed by atoms with Crippen molar-refractivity contribution >= 4 is 5.91 Å². The molecule has 2 N–H and O–H groups in total. The van der Waals surface area contributed by atoms with E-state index in [1.165, 1.54) is 5.56 Å². The molecule has 2 saturated heterocycles. The molecule has 0 spiro atoms. The van der Waals surface area contributed by atoms with Crippen LogP contribution in [0.2, 0.25) is 0 Å². The van der Waals surface area contributed by atoms with Gasteiger partial charge in [0.25, 0.3) is 0 Å². The first kappa shape index (κ1) is 15.5. The maximum absolute atomic E-state index is 12.9. The molecule has 4 nitrogen and oxygen atoms in total. The molecule has 120 valence electrons. The minimum absolute atomic E-state index is 0.0482. The van der Waals surface area contributed by atoms with Gasteiger partial charge < -0.3 is 15.4 Å². The van der Waals surface area contributed by atoms with Crippen molar-refractivity contribution in [3.8, 4) is 0 Å². The normalized spacial score (nSPS) is 28.8. The highest BCUT2D eigenvalue weighted by Crippen LogP contribution is 2.36. The maximum atomic E-state index is 12.9. The first-order valence-electron chi connectivity index (χ1n) is 8.36. The van der Waals surface area contributed by atoms with Gasteiger partial charge in [0, 0.05) is 19.7 Å². The van der Waals surface area contributed by atoms with Gasteiger partial charge in [0.15, 0.2) is 0 Å². The molecule has 22 heavy (non-hydrogen) atoms. The lowest BCUT2D eigenvalue weighted by molar-refractivity contribution is -0.144. The van der Waals surface area contributed by atoms with Gasteiger partial charge in [-0.3, -0.25) is 4.79 Å². The molecule has 2 aliphatic heterocycles. The van der Waals surface area contributed by atoms with E-state index in [-0.39, 0.29) is 17.9 Å². The van der Waals surface area contributed by atoms with Crippen molar-refractivity contribution in [2.45, 2.75) is 32.3 Å². The molecular formula is C18H26N2O2.